The third kappa shape index (κ3) is 9.17. The molecule has 1 aromatic carbocycles. The molecule has 0 atom stereocenters. The second kappa shape index (κ2) is 14.2. The second-order valence-corrected chi connectivity index (χ2v) is 13.6. The molecule has 0 radical (unpaired) electrons. The van der Waals surface area contributed by atoms with E-state index in [-0.39, 0.29) is 31.0 Å². The molecule has 3 rings (SSSR count). The van der Waals surface area contributed by atoms with E-state index in [1.54, 1.807) is 13.8 Å². The molecular formula is C31H43F3N2O5S. The number of hydrogen-bond donors (Lipinski definition) is 2. The van der Waals surface area contributed by atoms with Gasteiger partial charge in [-0.3, -0.25) is 4.79 Å². The van der Waals surface area contributed by atoms with Crippen LogP contribution in [0.5, 0.6) is 0 Å². The zero-order valence-corrected chi connectivity index (χ0v) is 25.6. The Hall–Kier alpha value is -2.66. The number of sulfonamides is 1. The molecule has 2 aliphatic rings. The van der Waals surface area contributed by atoms with Crippen LogP contribution in [0.25, 0.3) is 6.08 Å². The van der Waals surface area contributed by atoms with E-state index in [9.17, 15) is 36.3 Å². The number of carbonyl (C=O) groups excluding carboxylic acids is 1. The minimum Gasteiger partial charge on any atom is -0.478 e. The van der Waals surface area contributed by atoms with Crippen molar-refractivity contribution in [2.45, 2.75) is 104 Å². The first-order chi connectivity index (χ1) is 19.6. The summed E-state index contributed by atoms with van der Waals surface area (Å²) in [4.78, 5) is 24.7. The Kier molecular flexibility index (Phi) is 11.4. The quantitative estimate of drug-likeness (QED) is 0.242. The maximum absolute atomic E-state index is 13.4. The fourth-order valence-electron chi connectivity index (χ4n) is 5.92. The molecule has 1 aromatic rings. The highest BCUT2D eigenvalue weighted by molar-refractivity contribution is 7.92. The van der Waals surface area contributed by atoms with Crippen molar-refractivity contribution in [2.24, 2.45) is 5.41 Å². The summed E-state index contributed by atoms with van der Waals surface area (Å²) in [5, 5.41) is 13.5. The highest BCUT2D eigenvalue weighted by atomic mass is 32.2. The van der Waals surface area contributed by atoms with Gasteiger partial charge in [-0.15, -0.1) is 0 Å². The Labute approximate surface area is 247 Å². The lowest BCUT2D eigenvalue weighted by Crippen LogP contribution is -2.49. The van der Waals surface area contributed by atoms with E-state index in [0.717, 1.165) is 48.8 Å². The number of carboxylic acids is 1. The number of rotatable bonds is 12. The van der Waals surface area contributed by atoms with E-state index < -0.39 is 34.0 Å². The monoisotopic (exact) mass is 612 g/mol. The van der Waals surface area contributed by atoms with Crippen LogP contribution >= 0.6 is 0 Å². The molecule has 0 saturated carbocycles. The normalized spacial score (nSPS) is 18.5. The average molecular weight is 613 g/mol. The fraction of sp³-hybridized carbons (Fsp3) is 0.613. The minimum atomic E-state index is -4.08. The molecule has 0 aromatic heterocycles. The molecule has 7 nitrogen and oxygen atoms in total. The number of alkyl halides is 3. The van der Waals surface area contributed by atoms with E-state index in [1.165, 1.54) is 22.5 Å². The summed E-state index contributed by atoms with van der Waals surface area (Å²) in [6.07, 6.45) is 3.81. The number of carbonyl (C=O) groups is 2. The van der Waals surface area contributed by atoms with Gasteiger partial charge < -0.3 is 10.4 Å². The average Bonchev–Trinajstić information content (AvgIpc) is 3.01. The molecule has 0 aliphatic carbocycles. The van der Waals surface area contributed by atoms with Crippen LogP contribution in [0.15, 0.2) is 28.8 Å². The summed E-state index contributed by atoms with van der Waals surface area (Å²) >= 11 is 0. The van der Waals surface area contributed by atoms with Gasteiger partial charge in [-0.2, -0.15) is 17.5 Å². The summed E-state index contributed by atoms with van der Waals surface area (Å²) in [5.74, 6) is -1.10. The summed E-state index contributed by atoms with van der Waals surface area (Å²) in [6.45, 7) is 5.98. The third-order valence-corrected chi connectivity index (χ3v) is 10.2. The van der Waals surface area contributed by atoms with Crippen LogP contribution in [-0.2, 0) is 14.8 Å². The van der Waals surface area contributed by atoms with Crippen LogP contribution in [0, 0.1) is 19.3 Å². The largest absolute Gasteiger partial charge is 0.478 e. The highest BCUT2D eigenvalue weighted by Crippen LogP contribution is 2.41. The molecule has 11 heteroatoms. The van der Waals surface area contributed by atoms with Gasteiger partial charge in [0.05, 0.1) is 11.0 Å². The maximum Gasteiger partial charge on any atom is 0.389 e. The Morgan fingerprint density at radius 1 is 1.00 bits per heavy atom. The molecule has 0 unspecified atom stereocenters. The van der Waals surface area contributed by atoms with Crippen molar-refractivity contribution in [2.75, 3.05) is 13.1 Å². The number of aromatic carboxylic acids is 1. The topological polar surface area (TPSA) is 104 Å². The summed E-state index contributed by atoms with van der Waals surface area (Å²) in [7, 11) is -3.74. The first-order valence-electron chi connectivity index (χ1n) is 14.7. The predicted molar refractivity (Wildman–Crippen MR) is 157 cm³/mol. The number of nitrogens with zero attached hydrogens (tertiary/aromatic N) is 1. The summed E-state index contributed by atoms with van der Waals surface area (Å²) < 4.78 is 64.4. The zero-order chi connectivity index (χ0) is 31.1. The number of benzene rings is 1. The van der Waals surface area contributed by atoms with Gasteiger partial charge in [0, 0.05) is 30.6 Å². The maximum atomic E-state index is 13.4. The molecule has 1 spiro atoms. The van der Waals surface area contributed by atoms with Gasteiger partial charge in [0.2, 0.25) is 15.9 Å². The fourth-order valence-corrected chi connectivity index (χ4v) is 7.10. The van der Waals surface area contributed by atoms with Crippen molar-refractivity contribution in [1.29, 1.82) is 0 Å². The van der Waals surface area contributed by atoms with Crippen molar-refractivity contribution in [1.82, 2.24) is 9.62 Å². The van der Waals surface area contributed by atoms with Crippen LogP contribution in [0.3, 0.4) is 0 Å². The molecule has 1 amide bonds. The van der Waals surface area contributed by atoms with Crippen molar-refractivity contribution in [3.8, 4) is 0 Å². The van der Waals surface area contributed by atoms with Gasteiger partial charge in [0.15, 0.2) is 0 Å². The minimum absolute atomic E-state index is 0.0566. The highest BCUT2D eigenvalue weighted by Gasteiger charge is 2.44. The van der Waals surface area contributed by atoms with E-state index >= 15 is 0 Å². The third-order valence-electron chi connectivity index (χ3n) is 8.66. The molecular weight excluding hydrogens is 569 g/mol. The Bertz CT molecular complexity index is 1290. The number of halogens is 3. The molecule has 1 fully saturated rings. The number of carboxylic acid groups (broad SMARTS) is 1. The first-order valence-corrected chi connectivity index (χ1v) is 16.2. The number of allylic oxidation sites excluding steroid dienone is 2. The van der Waals surface area contributed by atoms with E-state index in [1.807, 2.05) is 6.92 Å². The van der Waals surface area contributed by atoms with Gasteiger partial charge in [0.25, 0.3) is 0 Å². The van der Waals surface area contributed by atoms with Gasteiger partial charge in [-0.05, 0) is 101 Å². The number of unbranched alkanes of at least 4 members (excludes halogenated alkanes) is 5. The van der Waals surface area contributed by atoms with Crippen LogP contribution < -0.4 is 5.32 Å². The zero-order valence-electron chi connectivity index (χ0n) is 24.8. The molecule has 2 heterocycles. The molecule has 0 bridgehead atoms. The number of aryl methyl sites for hydroxylation is 2. The van der Waals surface area contributed by atoms with Crippen LogP contribution in [-0.4, -0.2) is 49.0 Å². The van der Waals surface area contributed by atoms with Gasteiger partial charge in [-0.1, -0.05) is 31.3 Å². The number of amides is 1. The van der Waals surface area contributed by atoms with Crippen molar-refractivity contribution in [3.05, 3.63) is 51.1 Å². The number of nitrogens with one attached hydrogen (secondary N) is 1. The lowest BCUT2D eigenvalue weighted by molar-refractivity contribution is -0.135. The molecule has 42 heavy (non-hydrogen) atoms. The first kappa shape index (κ1) is 33.8. The summed E-state index contributed by atoms with van der Waals surface area (Å²) in [5.41, 5.74) is 3.58. The van der Waals surface area contributed by atoms with Crippen molar-refractivity contribution in [3.63, 3.8) is 0 Å². The molecule has 2 aliphatic heterocycles. The predicted octanol–water partition coefficient (Wildman–Crippen LogP) is 7.25. The van der Waals surface area contributed by atoms with Gasteiger partial charge in [-0.25, -0.2) is 13.2 Å². The van der Waals surface area contributed by atoms with Crippen LogP contribution in [0.1, 0.15) is 111 Å². The molecule has 1 saturated heterocycles. The second-order valence-electron chi connectivity index (χ2n) is 11.8. The van der Waals surface area contributed by atoms with Crippen LogP contribution in [0.4, 0.5) is 13.2 Å². The lowest BCUT2D eigenvalue weighted by Gasteiger charge is -2.39. The Balaban J connectivity index is 1.51. The molecule has 234 valence electrons. The standard InChI is InChI=1S/C31H43F3N2O5S/c1-22-11-14-30(29(39)35-27(22)10-8-6-4-5-7-9-13-31(32,33)34)15-17-36(18-16-30)42(40,41)19-12-26-23(2)20-25(28(37)38)21-24(26)3/h12,19-21H,4-11,13-18H2,1-3H3,(H,35,39)(H,37,38)/b19-12+. The number of hydrogen-bond acceptors (Lipinski definition) is 4. The SMILES string of the molecule is CC1=C(CCCCCCCCC(F)(F)F)NC(=O)C2(CC1)CCN(S(=O)(=O)/C=C/c1c(C)cc(C(=O)O)cc1C)CC2. The summed E-state index contributed by atoms with van der Waals surface area (Å²) in [6, 6.07) is 3.04. The smallest absolute Gasteiger partial charge is 0.389 e. The lowest BCUT2D eigenvalue weighted by atomic mass is 9.74. The van der Waals surface area contributed by atoms with Gasteiger partial charge >= 0.3 is 12.1 Å². The Morgan fingerprint density at radius 3 is 2.14 bits per heavy atom. The van der Waals surface area contributed by atoms with Crippen molar-refractivity contribution >= 4 is 28.0 Å². The van der Waals surface area contributed by atoms with Crippen LogP contribution in [0.2, 0.25) is 0 Å². The molecule has 2 N–H and O–H groups in total. The van der Waals surface area contributed by atoms with Crippen molar-refractivity contribution < 1.29 is 36.3 Å². The number of piperidine rings is 1. The van der Waals surface area contributed by atoms with Gasteiger partial charge in [0.1, 0.15) is 0 Å². The Morgan fingerprint density at radius 2 is 1.57 bits per heavy atom. The van der Waals surface area contributed by atoms with E-state index in [0.29, 0.717) is 48.8 Å². The van der Waals surface area contributed by atoms with E-state index in [4.69, 9.17) is 0 Å². The van der Waals surface area contributed by atoms with E-state index in [2.05, 4.69) is 5.32 Å².